The van der Waals surface area contributed by atoms with Crippen molar-refractivity contribution < 1.29 is 22.7 Å². The van der Waals surface area contributed by atoms with Crippen LogP contribution in [0.3, 0.4) is 0 Å². The number of hydrogen-bond donors (Lipinski definition) is 2. The molecule has 1 aliphatic heterocycles. The fraction of sp³-hybridized carbons (Fsp3) is 0.381. The molecule has 160 valence electrons. The molecule has 1 heterocycles. The van der Waals surface area contributed by atoms with E-state index in [9.17, 15) is 13.2 Å². The predicted octanol–water partition coefficient (Wildman–Crippen LogP) is 2.22. The fourth-order valence-electron chi connectivity index (χ4n) is 3.29. The number of methoxy groups -OCH3 is 1. The standard InChI is InChI=1S/C21H25N3O5S/c1-28-19-9-2-15(14-20(19)30(26,27)23-17-3-4-17)21(25)22-16-5-7-18(8-6-16)24-10-12-29-13-11-24/h2,5-9,14,17,23H,3-4,10-13H2,1H3,(H,22,25). The molecule has 1 aliphatic carbocycles. The van der Waals surface area contributed by atoms with Crippen molar-refractivity contribution in [3.8, 4) is 5.75 Å². The summed E-state index contributed by atoms with van der Waals surface area (Å²) >= 11 is 0. The van der Waals surface area contributed by atoms with Crippen molar-refractivity contribution in [3.05, 3.63) is 48.0 Å². The van der Waals surface area contributed by atoms with Crippen molar-refractivity contribution in [2.24, 2.45) is 0 Å². The van der Waals surface area contributed by atoms with Crippen LogP contribution in [0.1, 0.15) is 23.2 Å². The number of nitrogens with one attached hydrogen (secondary N) is 2. The van der Waals surface area contributed by atoms with E-state index in [0.29, 0.717) is 18.9 Å². The molecule has 0 radical (unpaired) electrons. The average Bonchev–Trinajstić information content (AvgIpc) is 3.57. The van der Waals surface area contributed by atoms with Crippen molar-refractivity contribution in [1.82, 2.24) is 4.72 Å². The molecule has 1 saturated carbocycles. The summed E-state index contributed by atoms with van der Waals surface area (Å²) < 4.78 is 38.5. The van der Waals surface area contributed by atoms with Gasteiger partial charge in [-0.25, -0.2) is 13.1 Å². The van der Waals surface area contributed by atoms with Crippen molar-refractivity contribution in [3.63, 3.8) is 0 Å². The van der Waals surface area contributed by atoms with Crippen LogP contribution in [0, 0.1) is 0 Å². The maximum atomic E-state index is 12.7. The van der Waals surface area contributed by atoms with Gasteiger partial charge >= 0.3 is 0 Å². The van der Waals surface area contributed by atoms with Crippen LogP contribution < -0.4 is 19.7 Å². The number of morpholine rings is 1. The molecule has 2 aromatic rings. The first-order chi connectivity index (χ1) is 14.5. The van der Waals surface area contributed by atoms with Gasteiger partial charge in [-0.1, -0.05) is 0 Å². The second kappa shape index (κ2) is 8.63. The zero-order valence-electron chi connectivity index (χ0n) is 16.8. The number of rotatable bonds is 7. The molecule has 2 aliphatic rings. The van der Waals surface area contributed by atoms with E-state index in [-0.39, 0.29) is 28.2 Å². The highest BCUT2D eigenvalue weighted by atomic mass is 32.2. The zero-order valence-corrected chi connectivity index (χ0v) is 17.6. The summed E-state index contributed by atoms with van der Waals surface area (Å²) in [6, 6.07) is 11.9. The minimum Gasteiger partial charge on any atom is -0.495 e. The Balaban J connectivity index is 1.49. The van der Waals surface area contributed by atoms with E-state index < -0.39 is 10.0 Å². The number of carbonyl (C=O) groups excluding carboxylic acids is 1. The molecule has 4 rings (SSSR count). The Morgan fingerprint density at radius 3 is 2.43 bits per heavy atom. The lowest BCUT2D eigenvalue weighted by molar-refractivity contribution is 0.102. The molecule has 2 fully saturated rings. The first kappa shape index (κ1) is 20.6. The van der Waals surface area contributed by atoms with E-state index >= 15 is 0 Å². The molecule has 1 amide bonds. The van der Waals surface area contributed by atoms with Gasteiger partial charge in [-0.2, -0.15) is 0 Å². The number of hydrogen-bond acceptors (Lipinski definition) is 6. The Morgan fingerprint density at radius 2 is 1.80 bits per heavy atom. The summed E-state index contributed by atoms with van der Waals surface area (Å²) in [7, 11) is -2.35. The van der Waals surface area contributed by atoms with Gasteiger partial charge in [0.05, 0.1) is 20.3 Å². The van der Waals surface area contributed by atoms with Crippen molar-refractivity contribution in [2.75, 3.05) is 43.6 Å². The van der Waals surface area contributed by atoms with Gasteiger partial charge in [-0.05, 0) is 55.3 Å². The molecule has 0 spiro atoms. The highest BCUT2D eigenvalue weighted by Crippen LogP contribution is 2.29. The third-order valence-electron chi connectivity index (χ3n) is 5.12. The Bertz CT molecular complexity index is 1010. The van der Waals surface area contributed by atoms with Gasteiger partial charge in [0.25, 0.3) is 5.91 Å². The van der Waals surface area contributed by atoms with Crippen LogP contribution in [0.2, 0.25) is 0 Å². The maximum absolute atomic E-state index is 12.7. The van der Waals surface area contributed by atoms with Gasteiger partial charge in [0.1, 0.15) is 10.6 Å². The third-order valence-corrected chi connectivity index (χ3v) is 6.66. The van der Waals surface area contributed by atoms with Crippen LogP contribution in [-0.4, -0.2) is 53.8 Å². The first-order valence-electron chi connectivity index (χ1n) is 9.91. The maximum Gasteiger partial charge on any atom is 0.255 e. The quantitative estimate of drug-likeness (QED) is 0.698. The molecule has 0 aromatic heterocycles. The Kier molecular flexibility index (Phi) is 5.94. The Labute approximate surface area is 176 Å². The highest BCUT2D eigenvalue weighted by molar-refractivity contribution is 7.89. The minimum absolute atomic E-state index is 0.0350. The SMILES string of the molecule is COc1ccc(C(=O)Nc2ccc(N3CCOCC3)cc2)cc1S(=O)(=O)NC1CC1. The summed E-state index contributed by atoms with van der Waals surface area (Å²) in [4.78, 5) is 14.9. The molecule has 9 heteroatoms. The smallest absolute Gasteiger partial charge is 0.255 e. The topological polar surface area (TPSA) is 97.0 Å². The summed E-state index contributed by atoms with van der Waals surface area (Å²) in [5, 5.41) is 2.82. The lowest BCUT2D eigenvalue weighted by atomic mass is 10.2. The summed E-state index contributed by atoms with van der Waals surface area (Å²) in [5.74, 6) is -0.186. The molecular formula is C21H25N3O5S. The summed E-state index contributed by atoms with van der Waals surface area (Å²) in [6.45, 7) is 3.08. The van der Waals surface area contributed by atoms with Crippen molar-refractivity contribution >= 4 is 27.3 Å². The molecule has 2 aromatic carbocycles. The predicted molar refractivity (Wildman–Crippen MR) is 114 cm³/mol. The van der Waals surface area contributed by atoms with E-state index in [1.165, 1.54) is 19.2 Å². The fourth-order valence-corrected chi connectivity index (χ4v) is 4.79. The Morgan fingerprint density at radius 1 is 1.10 bits per heavy atom. The molecule has 0 atom stereocenters. The van der Waals surface area contributed by atoms with Crippen LogP contribution in [0.25, 0.3) is 0 Å². The van der Waals surface area contributed by atoms with Crippen LogP contribution in [0.4, 0.5) is 11.4 Å². The van der Waals surface area contributed by atoms with Gasteiger partial charge in [-0.15, -0.1) is 0 Å². The zero-order chi connectivity index (χ0) is 21.1. The lowest BCUT2D eigenvalue weighted by Crippen LogP contribution is -2.36. The molecule has 1 saturated heterocycles. The van der Waals surface area contributed by atoms with Crippen molar-refractivity contribution in [1.29, 1.82) is 0 Å². The number of amides is 1. The van der Waals surface area contributed by atoms with E-state index in [0.717, 1.165) is 31.6 Å². The van der Waals surface area contributed by atoms with Crippen LogP contribution >= 0.6 is 0 Å². The number of ether oxygens (including phenoxy) is 2. The molecular weight excluding hydrogens is 406 g/mol. The number of sulfonamides is 1. The average molecular weight is 432 g/mol. The van der Waals surface area contributed by atoms with Gasteiger partial charge in [0.15, 0.2) is 0 Å². The normalized spacial score (nSPS) is 16.9. The molecule has 2 N–H and O–H groups in total. The molecule has 0 unspecified atom stereocenters. The van der Waals surface area contributed by atoms with Crippen LogP contribution in [0.15, 0.2) is 47.4 Å². The van der Waals surface area contributed by atoms with E-state index in [4.69, 9.17) is 9.47 Å². The second-order valence-corrected chi connectivity index (χ2v) is 9.04. The largest absolute Gasteiger partial charge is 0.495 e. The second-order valence-electron chi connectivity index (χ2n) is 7.36. The molecule has 0 bridgehead atoms. The summed E-state index contributed by atoms with van der Waals surface area (Å²) in [5.41, 5.74) is 1.94. The van der Waals surface area contributed by atoms with Gasteiger partial charge < -0.3 is 19.7 Å². The van der Waals surface area contributed by atoms with Crippen LogP contribution in [-0.2, 0) is 14.8 Å². The highest BCUT2D eigenvalue weighted by Gasteiger charge is 2.30. The third kappa shape index (κ3) is 4.75. The van der Waals surface area contributed by atoms with E-state index in [2.05, 4.69) is 14.9 Å². The summed E-state index contributed by atoms with van der Waals surface area (Å²) in [6.07, 6.45) is 1.64. The first-order valence-corrected chi connectivity index (χ1v) is 11.4. The number of anilines is 2. The van der Waals surface area contributed by atoms with Gasteiger partial charge in [-0.3, -0.25) is 4.79 Å². The number of nitrogens with zero attached hydrogens (tertiary/aromatic N) is 1. The number of carbonyl (C=O) groups is 1. The minimum atomic E-state index is -3.76. The molecule has 8 nitrogen and oxygen atoms in total. The molecule has 30 heavy (non-hydrogen) atoms. The lowest BCUT2D eigenvalue weighted by Gasteiger charge is -2.28. The van der Waals surface area contributed by atoms with Crippen molar-refractivity contribution in [2.45, 2.75) is 23.8 Å². The van der Waals surface area contributed by atoms with E-state index in [1.807, 2.05) is 24.3 Å². The van der Waals surface area contributed by atoms with Gasteiger partial charge in [0.2, 0.25) is 10.0 Å². The van der Waals surface area contributed by atoms with Crippen LogP contribution in [0.5, 0.6) is 5.75 Å². The van der Waals surface area contributed by atoms with Gasteiger partial charge in [0, 0.05) is 36.1 Å². The Hall–Kier alpha value is -2.62. The monoisotopic (exact) mass is 431 g/mol. The van der Waals surface area contributed by atoms with E-state index in [1.54, 1.807) is 6.07 Å². The number of benzene rings is 2.